The molecule has 1 aliphatic heterocycles. The van der Waals surface area contributed by atoms with Crippen molar-refractivity contribution in [1.29, 1.82) is 0 Å². The zero-order valence-corrected chi connectivity index (χ0v) is 19.7. The summed E-state index contributed by atoms with van der Waals surface area (Å²) >= 11 is 0. The SMILES string of the molecule is C=C/C=C\c1cc(Cc2cc(C(/C=C(\C=C)CN3CCCCC3)=C/C)ccc2N)[nH]c1C. The summed E-state index contributed by atoms with van der Waals surface area (Å²) in [6.07, 6.45) is 17.0. The second kappa shape index (κ2) is 11.5. The predicted octanol–water partition coefficient (Wildman–Crippen LogP) is 6.70. The molecule has 2 aromatic rings. The third-order valence-corrected chi connectivity index (χ3v) is 6.15. The Bertz CT molecular complexity index is 1030. The number of nitrogens with one attached hydrogen (secondary N) is 1. The molecule has 0 aliphatic carbocycles. The van der Waals surface area contributed by atoms with Crippen molar-refractivity contribution in [2.75, 3.05) is 25.4 Å². The second-order valence-electron chi connectivity index (χ2n) is 8.56. The van der Waals surface area contributed by atoms with Gasteiger partial charge in [-0.25, -0.2) is 0 Å². The van der Waals surface area contributed by atoms with Crippen LogP contribution in [0.1, 0.15) is 54.3 Å². The predicted molar refractivity (Wildman–Crippen MR) is 141 cm³/mol. The van der Waals surface area contributed by atoms with Crippen LogP contribution < -0.4 is 5.73 Å². The Hall–Kier alpha value is -3.04. The summed E-state index contributed by atoms with van der Waals surface area (Å²) in [5.41, 5.74) is 15.4. The first-order valence-electron chi connectivity index (χ1n) is 11.6. The number of nitrogen functional groups attached to an aromatic ring is 1. The summed E-state index contributed by atoms with van der Waals surface area (Å²) in [5, 5.41) is 0. The van der Waals surface area contributed by atoms with Crippen molar-refractivity contribution in [3.63, 3.8) is 0 Å². The number of nitrogens with two attached hydrogens (primary N) is 1. The number of benzene rings is 1. The Morgan fingerprint density at radius 2 is 1.94 bits per heavy atom. The molecule has 168 valence electrons. The highest BCUT2D eigenvalue weighted by atomic mass is 15.1. The van der Waals surface area contributed by atoms with Crippen molar-refractivity contribution in [2.45, 2.75) is 39.5 Å². The molecule has 0 bridgehead atoms. The van der Waals surface area contributed by atoms with Crippen LogP contribution in [0.4, 0.5) is 5.69 Å². The van der Waals surface area contributed by atoms with Crippen LogP contribution in [0.2, 0.25) is 0 Å². The molecule has 0 saturated carbocycles. The molecular formula is C29H37N3. The highest BCUT2D eigenvalue weighted by Gasteiger charge is 2.12. The molecule has 1 fully saturated rings. The van der Waals surface area contributed by atoms with Gasteiger partial charge >= 0.3 is 0 Å². The van der Waals surface area contributed by atoms with E-state index in [1.807, 2.05) is 18.2 Å². The van der Waals surface area contributed by atoms with Crippen LogP contribution in [0, 0.1) is 6.92 Å². The lowest BCUT2D eigenvalue weighted by atomic mass is 9.97. The molecule has 1 saturated heterocycles. The summed E-state index contributed by atoms with van der Waals surface area (Å²) in [5.74, 6) is 0. The fourth-order valence-electron chi connectivity index (χ4n) is 4.31. The monoisotopic (exact) mass is 427 g/mol. The van der Waals surface area contributed by atoms with E-state index in [0.29, 0.717) is 0 Å². The molecule has 3 rings (SSSR count). The Labute approximate surface area is 193 Å². The highest BCUT2D eigenvalue weighted by molar-refractivity contribution is 5.77. The molecule has 1 aliphatic rings. The lowest BCUT2D eigenvalue weighted by Gasteiger charge is -2.26. The molecule has 0 unspecified atom stereocenters. The fourth-order valence-corrected chi connectivity index (χ4v) is 4.31. The standard InChI is InChI=1S/C29H37N3/c1-5-8-12-25-19-28(31-22(25)4)20-27-18-26(13-14-29(27)30)24(7-3)17-23(6-2)21-32-15-10-9-11-16-32/h5-8,12-14,17-19,31H,1-2,9-11,15-16,20-21,30H2,3-4H3/b12-8-,23-17+,24-7+. The van der Waals surface area contributed by atoms with Gasteiger partial charge in [0.05, 0.1) is 0 Å². The Morgan fingerprint density at radius 3 is 2.62 bits per heavy atom. The molecule has 2 heterocycles. The molecule has 3 nitrogen and oxygen atoms in total. The van der Waals surface area contributed by atoms with Gasteiger partial charge in [-0.1, -0.05) is 62.1 Å². The number of aromatic amines is 1. The Kier molecular flexibility index (Phi) is 8.52. The number of aryl methyl sites for hydroxylation is 1. The van der Waals surface area contributed by atoms with Gasteiger partial charge < -0.3 is 10.7 Å². The van der Waals surface area contributed by atoms with Gasteiger partial charge in [0.25, 0.3) is 0 Å². The van der Waals surface area contributed by atoms with Crippen molar-refractivity contribution in [1.82, 2.24) is 9.88 Å². The van der Waals surface area contributed by atoms with Crippen LogP contribution >= 0.6 is 0 Å². The molecule has 32 heavy (non-hydrogen) atoms. The number of hydrogen-bond donors (Lipinski definition) is 2. The van der Waals surface area contributed by atoms with E-state index in [9.17, 15) is 0 Å². The first kappa shape index (κ1) is 23.6. The fraction of sp³-hybridized carbons (Fsp3) is 0.310. The van der Waals surface area contributed by atoms with Crippen LogP contribution in [-0.2, 0) is 6.42 Å². The summed E-state index contributed by atoms with van der Waals surface area (Å²) in [7, 11) is 0. The van der Waals surface area contributed by atoms with Gasteiger partial charge in [0, 0.05) is 30.0 Å². The number of allylic oxidation sites excluding steroid dienone is 5. The van der Waals surface area contributed by atoms with Crippen molar-refractivity contribution in [3.05, 3.63) is 101 Å². The molecule has 0 radical (unpaired) electrons. The molecule has 0 atom stereocenters. The zero-order valence-electron chi connectivity index (χ0n) is 19.7. The third kappa shape index (κ3) is 6.24. The topological polar surface area (TPSA) is 45.0 Å². The lowest BCUT2D eigenvalue weighted by molar-refractivity contribution is 0.248. The van der Waals surface area contributed by atoms with E-state index in [-0.39, 0.29) is 0 Å². The van der Waals surface area contributed by atoms with E-state index in [0.717, 1.165) is 35.6 Å². The maximum atomic E-state index is 6.36. The van der Waals surface area contributed by atoms with Crippen LogP contribution in [-0.4, -0.2) is 29.5 Å². The normalized spacial score (nSPS) is 15.9. The maximum absolute atomic E-state index is 6.36. The summed E-state index contributed by atoms with van der Waals surface area (Å²) in [6.45, 7) is 15.3. The van der Waals surface area contributed by atoms with Crippen LogP contribution in [0.5, 0.6) is 0 Å². The van der Waals surface area contributed by atoms with Crippen LogP contribution in [0.3, 0.4) is 0 Å². The first-order chi connectivity index (χ1) is 15.5. The quantitative estimate of drug-likeness (QED) is 0.345. The van der Waals surface area contributed by atoms with Gasteiger partial charge in [-0.2, -0.15) is 0 Å². The van der Waals surface area contributed by atoms with E-state index >= 15 is 0 Å². The molecule has 3 N–H and O–H groups in total. The number of piperidine rings is 1. The number of nitrogens with zero attached hydrogens (tertiary/aromatic N) is 1. The smallest absolute Gasteiger partial charge is 0.0350 e. The summed E-state index contributed by atoms with van der Waals surface area (Å²) in [4.78, 5) is 6.02. The number of rotatable bonds is 9. The van der Waals surface area contributed by atoms with Crippen molar-refractivity contribution < 1.29 is 0 Å². The van der Waals surface area contributed by atoms with Gasteiger partial charge in [0.2, 0.25) is 0 Å². The van der Waals surface area contributed by atoms with Gasteiger partial charge in [0.15, 0.2) is 0 Å². The minimum absolute atomic E-state index is 0.769. The number of anilines is 1. The molecular weight excluding hydrogens is 390 g/mol. The average molecular weight is 428 g/mol. The molecule has 1 aromatic carbocycles. The van der Waals surface area contributed by atoms with Gasteiger partial charge in [-0.05, 0) is 85.8 Å². The van der Waals surface area contributed by atoms with Crippen molar-refractivity contribution in [2.24, 2.45) is 0 Å². The highest BCUT2D eigenvalue weighted by Crippen LogP contribution is 2.26. The van der Waals surface area contributed by atoms with E-state index in [1.165, 1.54) is 54.6 Å². The molecule has 1 aromatic heterocycles. The van der Waals surface area contributed by atoms with Gasteiger partial charge in [0.1, 0.15) is 0 Å². The lowest BCUT2D eigenvalue weighted by Crippen LogP contribution is -2.31. The van der Waals surface area contributed by atoms with E-state index < -0.39 is 0 Å². The third-order valence-electron chi connectivity index (χ3n) is 6.15. The minimum atomic E-state index is 0.769. The zero-order chi connectivity index (χ0) is 22.9. The Balaban J connectivity index is 1.81. The molecule has 3 heteroatoms. The minimum Gasteiger partial charge on any atom is -0.398 e. The number of aromatic nitrogens is 1. The van der Waals surface area contributed by atoms with Crippen molar-refractivity contribution in [3.8, 4) is 0 Å². The summed E-state index contributed by atoms with van der Waals surface area (Å²) < 4.78 is 0. The van der Waals surface area contributed by atoms with E-state index in [4.69, 9.17) is 5.73 Å². The number of hydrogen-bond acceptors (Lipinski definition) is 2. The van der Waals surface area contributed by atoms with Gasteiger partial charge in [-0.15, -0.1) is 0 Å². The molecule has 0 spiro atoms. The summed E-state index contributed by atoms with van der Waals surface area (Å²) in [6, 6.07) is 8.55. The van der Waals surface area contributed by atoms with Crippen LogP contribution in [0.25, 0.3) is 11.6 Å². The largest absolute Gasteiger partial charge is 0.398 e. The second-order valence-corrected chi connectivity index (χ2v) is 8.56. The van der Waals surface area contributed by atoms with Gasteiger partial charge in [-0.3, -0.25) is 4.90 Å². The van der Waals surface area contributed by atoms with Crippen LogP contribution in [0.15, 0.2) is 73.4 Å². The Morgan fingerprint density at radius 1 is 1.16 bits per heavy atom. The number of likely N-dealkylation sites (tertiary alicyclic amines) is 1. The molecule has 0 amide bonds. The number of H-pyrrole nitrogens is 1. The average Bonchev–Trinajstić information content (AvgIpc) is 3.16. The first-order valence-corrected chi connectivity index (χ1v) is 11.6. The maximum Gasteiger partial charge on any atom is 0.0350 e. The van der Waals surface area contributed by atoms with Crippen molar-refractivity contribution >= 4 is 17.3 Å². The van der Waals surface area contributed by atoms with E-state index in [2.05, 4.69) is 73.3 Å². The van der Waals surface area contributed by atoms with E-state index in [1.54, 1.807) is 6.08 Å².